The molecule has 0 saturated carbocycles. The fourth-order valence-electron chi connectivity index (χ4n) is 1.31. The predicted molar refractivity (Wildman–Crippen MR) is 73.9 cm³/mol. The lowest BCUT2D eigenvalue weighted by molar-refractivity contribution is -0.140. The molecule has 108 valence electrons. The van der Waals surface area contributed by atoms with Gasteiger partial charge in [-0.2, -0.15) is 0 Å². The number of nitrogens with two attached hydrogens (primary N) is 1. The van der Waals surface area contributed by atoms with Gasteiger partial charge in [-0.05, 0) is 18.2 Å². The van der Waals surface area contributed by atoms with Gasteiger partial charge in [0.1, 0.15) is 6.04 Å². The number of benzene rings is 1. The SMILES string of the molecule is NC(=O)C[C@@H](NC(=O)Nc1cc(Cl)ccc1Cl)C(=O)O. The zero-order chi connectivity index (χ0) is 15.3. The fourth-order valence-corrected chi connectivity index (χ4v) is 1.65. The highest BCUT2D eigenvalue weighted by Gasteiger charge is 2.22. The Bertz CT molecular complexity index is 550. The highest BCUT2D eigenvalue weighted by atomic mass is 35.5. The van der Waals surface area contributed by atoms with Crippen molar-refractivity contribution in [1.29, 1.82) is 0 Å². The van der Waals surface area contributed by atoms with Gasteiger partial charge in [-0.1, -0.05) is 23.2 Å². The zero-order valence-corrected chi connectivity index (χ0v) is 11.5. The van der Waals surface area contributed by atoms with E-state index in [2.05, 4.69) is 10.6 Å². The van der Waals surface area contributed by atoms with Gasteiger partial charge in [-0.15, -0.1) is 0 Å². The maximum absolute atomic E-state index is 11.6. The molecule has 3 amide bonds. The first kappa shape index (κ1) is 16.1. The number of nitrogens with one attached hydrogen (secondary N) is 2. The quantitative estimate of drug-likeness (QED) is 0.656. The predicted octanol–water partition coefficient (Wildman–Crippen LogP) is 1.44. The van der Waals surface area contributed by atoms with Crippen LogP contribution in [0.5, 0.6) is 0 Å². The molecule has 1 aromatic rings. The molecule has 0 saturated heterocycles. The Kier molecular flexibility index (Phi) is 5.60. The van der Waals surface area contributed by atoms with Gasteiger partial charge in [-0.3, -0.25) is 4.79 Å². The van der Waals surface area contributed by atoms with Crippen molar-refractivity contribution in [1.82, 2.24) is 5.32 Å². The Labute approximate surface area is 124 Å². The maximum Gasteiger partial charge on any atom is 0.326 e. The second-order valence-corrected chi connectivity index (χ2v) is 4.63. The minimum absolute atomic E-state index is 0.208. The lowest BCUT2D eigenvalue weighted by Gasteiger charge is -2.14. The molecular weight excluding hydrogens is 309 g/mol. The van der Waals surface area contributed by atoms with Crippen molar-refractivity contribution < 1.29 is 19.5 Å². The lowest BCUT2D eigenvalue weighted by Crippen LogP contribution is -2.45. The Hall–Kier alpha value is -1.99. The first-order chi connectivity index (χ1) is 9.29. The molecule has 7 nitrogen and oxygen atoms in total. The van der Waals surface area contributed by atoms with Crippen molar-refractivity contribution in [2.45, 2.75) is 12.5 Å². The van der Waals surface area contributed by atoms with E-state index in [1.807, 2.05) is 0 Å². The van der Waals surface area contributed by atoms with Crippen LogP contribution in [0.3, 0.4) is 0 Å². The molecule has 0 spiro atoms. The van der Waals surface area contributed by atoms with Crippen LogP contribution in [-0.2, 0) is 9.59 Å². The molecule has 0 radical (unpaired) electrons. The summed E-state index contributed by atoms with van der Waals surface area (Å²) in [6.07, 6.45) is -0.522. The van der Waals surface area contributed by atoms with E-state index in [1.165, 1.54) is 18.2 Å². The summed E-state index contributed by atoms with van der Waals surface area (Å²) in [5.74, 6) is -2.23. The molecule has 9 heteroatoms. The zero-order valence-electron chi connectivity index (χ0n) is 10.0. The normalized spacial score (nSPS) is 11.5. The summed E-state index contributed by atoms with van der Waals surface area (Å²) in [7, 11) is 0. The number of carboxylic acids is 1. The summed E-state index contributed by atoms with van der Waals surface area (Å²) in [6, 6.07) is 2.12. The molecule has 0 bridgehead atoms. The standard InChI is InChI=1S/C11H11Cl2N3O4/c12-5-1-2-6(13)7(3-5)15-11(20)16-8(10(18)19)4-9(14)17/h1-3,8H,4H2,(H2,14,17)(H,18,19)(H2,15,16,20)/t8-/m1/s1. The van der Waals surface area contributed by atoms with Crippen LogP contribution >= 0.6 is 23.2 Å². The number of hydrogen-bond acceptors (Lipinski definition) is 3. The number of carbonyl (C=O) groups excluding carboxylic acids is 2. The van der Waals surface area contributed by atoms with Crippen LogP contribution in [0.1, 0.15) is 6.42 Å². The van der Waals surface area contributed by atoms with Crippen LogP contribution in [0.4, 0.5) is 10.5 Å². The van der Waals surface area contributed by atoms with E-state index in [0.29, 0.717) is 5.02 Å². The summed E-state index contributed by atoms with van der Waals surface area (Å²) >= 11 is 11.6. The first-order valence-electron chi connectivity index (χ1n) is 5.33. The minimum Gasteiger partial charge on any atom is -0.480 e. The van der Waals surface area contributed by atoms with E-state index < -0.39 is 30.4 Å². The molecule has 0 aromatic heterocycles. The van der Waals surface area contributed by atoms with Crippen molar-refractivity contribution in [2.24, 2.45) is 5.73 Å². The van der Waals surface area contributed by atoms with Crippen molar-refractivity contribution in [3.05, 3.63) is 28.2 Å². The number of rotatable bonds is 5. The summed E-state index contributed by atoms with van der Waals surface area (Å²) < 4.78 is 0. The summed E-state index contributed by atoms with van der Waals surface area (Å²) in [5, 5.41) is 13.8. The molecule has 1 rings (SSSR count). The molecule has 0 heterocycles. The number of aliphatic carboxylic acids is 1. The Morgan fingerprint density at radius 2 is 1.95 bits per heavy atom. The number of carbonyl (C=O) groups is 3. The third-order valence-electron chi connectivity index (χ3n) is 2.19. The smallest absolute Gasteiger partial charge is 0.326 e. The van der Waals surface area contributed by atoms with Gasteiger partial charge in [0.25, 0.3) is 0 Å². The lowest BCUT2D eigenvalue weighted by atomic mass is 10.2. The van der Waals surface area contributed by atoms with Crippen molar-refractivity contribution in [2.75, 3.05) is 5.32 Å². The van der Waals surface area contributed by atoms with Gasteiger partial charge in [0.05, 0.1) is 17.1 Å². The third-order valence-corrected chi connectivity index (χ3v) is 2.75. The van der Waals surface area contributed by atoms with Crippen LogP contribution in [0.15, 0.2) is 18.2 Å². The van der Waals surface area contributed by atoms with E-state index in [9.17, 15) is 14.4 Å². The molecule has 0 aliphatic carbocycles. The van der Waals surface area contributed by atoms with E-state index >= 15 is 0 Å². The molecular formula is C11H11Cl2N3O4. The second-order valence-electron chi connectivity index (χ2n) is 3.78. The Balaban J connectivity index is 2.72. The van der Waals surface area contributed by atoms with Gasteiger partial charge in [0.2, 0.25) is 5.91 Å². The monoisotopic (exact) mass is 319 g/mol. The summed E-state index contributed by atoms with van der Waals surface area (Å²) in [4.78, 5) is 33.2. The first-order valence-corrected chi connectivity index (χ1v) is 6.09. The number of hydrogen-bond donors (Lipinski definition) is 4. The highest BCUT2D eigenvalue weighted by molar-refractivity contribution is 6.35. The Morgan fingerprint density at radius 3 is 2.50 bits per heavy atom. The summed E-state index contributed by atoms with van der Waals surface area (Å²) in [6.45, 7) is 0. The van der Waals surface area contributed by atoms with Gasteiger partial charge in [0.15, 0.2) is 0 Å². The maximum atomic E-state index is 11.6. The van der Waals surface area contributed by atoms with Crippen LogP contribution in [0, 0.1) is 0 Å². The van der Waals surface area contributed by atoms with Gasteiger partial charge >= 0.3 is 12.0 Å². The minimum atomic E-state index is -1.43. The Morgan fingerprint density at radius 1 is 1.30 bits per heavy atom. The molecule has 0 aliphatic heterocycles. The van der Waals surface area contributed by atoms with Gasteiger partial charge in [-0.25, -0.2) is 9.59 Å². The number of urea groups is 1. The number of primary amides is 1. The van der Waals surface area contributed by atoms with Gasteiger partial charge < -0.3 is 21.5 Å². The van der Waals surface area contributed by atoms with E-state index in [4.69, 9.17) is 34.0 Å². The van der Waals surface area contributed by atoms with Crippen LogP contribution in [0.25, 0.3) is 0 Å². The molecule has 0 aliphatic rings. The van der Waals surface area contributed by atoms with Gasteiger partial charge in [0, 0.05) is 5.02 Å². The molecule has 20 heavy (non-hydrogen) atoms. The molecule has 1 atom stereocenters. The number of carboxylic acid groups (broad SMARTS) is 1. The van der Waals surface area contributed by atoms with Crippen LogP contribution in [-0.4, -0.2) is 29.1 Å². The molecule has 0 unspecified atom stereocenters. The largest absolute Gasteiger partial charge is 0.480 e. The van der Waals surface area contributed by atoms with Crippen molar-refractivity contribution >= 4 is 46.8 Å². The van der Waals surface area contributed by atoms with E-state index in [-0.39, 0.29) is 10.7 Å². The average Bonchev–Trinajstić information content (AvgIpc) is 2.32. The molecule has 1 aromatic carbocycles. The fraction of sp³-hybridized carbons (Fsp3) is 0.182. The van der Waals surface area contributed by atoms with Crippen LogP contribution < -0.4 is 16.4 Å². The third kappa shape index (κ3) is 4.94. The molecule has 0 fully saturated rings. The van der Waals surface area contributed by atoms with Crippen molar-refractivity contribution in [3.8, 4) is 0 Å². The number of halogens is 2. The van der Waals surface area contributed by atoms with Crippen LogP contribution in [0.2, 0.25) is 10.0 Å². The van der Waals surface area contributed by atoms with E-state index in [0.717, 1.165) is 0 Å². The number of amides is 3. The summed E-state index contributed by atoms with van der Waals surface area (Å²) in [5.41, 5.74) is 5.10. The highest BCUT2D eigenvalue weighted by Crippen LogP contribution is 2.25. The average molecular weight is 320 g/mol. The number of anilines is 1. The topological polar surface area (TPSA) is 122 Å². The molecule has 5 N–H and O–H groups in total. The second kappa shape index (κ2) is 6.97. The van der Waals surface area contributed by atoms with E-state index in [1.54, 1.807) is 0 Å². The van der Waals surface area contributed by atoms with Crippen molar-refractivity contribution in [3.63, 3.8) is 0 Å².